The number of nitrogens with one attached hydrogen (secondary N) is 2. The van der Waals surface area contributed by atoms with Gasteiger partial charge in [0.2, 0.25) is 5.37 Å². The molecule has 1 aromatic heterocycles. The van der Waals surface area contributed by atoms with Gasteiger partial charge in [0.05, 0.1) is 11.3 Å². The standard InChI is InChI=1S/C20H24N4O7S2/c1-5-6-10(11-9-32-18(21-11)23-19(29)31-20(2,3)4)14(25)22-13-15(26)24-12(17(27)28)7-8-33(30)16(13)24/h6-7,9,13,16H,5,8H2,1-4H3,(H,22,25)(H,27,28)(H,21,23,29)/b10-6-/t13-,16-,33?/m1/s1. The van der Waals surface area contributed by atoms with Gasteiger partial charge in [0, 0.05) is 5.38 Å². The predicted molar refractivity (Wildman–Crippen MR) is 122 cm³/mol. The molecule has 11 nitrogen and oxygen atoms in total. The zero-order valence-corrected chi connectivity index (χ0v) is 20.0. The van der Waals surface area contributed by atoms with Crippen LogP contribution in [0.15, 0.2) is 23.2 Å². The van der Waals surface area contributed by atoms with Crippen molar-refractivity contribution < 1.29 is 33.6 Å². The monoisotopic (exact) mass is 496 g/mol. The fourth-order valence-electron chi connectivity index (χ4n) is 3.25. The van der Waals surface area contributed by atoms with E-state index in [2.05, 4.69) is 15.6 Å². The van der Waals surface area contributed by atoms with Gasteiger partial charge in [-0.3, -0.25) is 19.8 Å². The highest BCUT2D eigenvalue weighted by molar-refractivity contribution is 7.92. The number of carbonyl (C=O) groups is 4. The van der Waals surface area contributed by atoms with E-state index in [-0.39, 0.29) is 27.8 Å². The van der Waals surface area contributed by atoms with Gasteiger partial charge in [-0.1, -0.05) is 13.0 Å². The molecule has 1 fully saturated rings. The molecule has 13 heteroatoms. The quantitative estimate of drug-likeness (QED) is 0.304. The highest BCUT2D eigenvalue weighted by Gasteiger charge is 2.59. The van der Waals surface area contributed by atoms with Crippen molar-refractivity contribution >= 4 is 57.1 Å². The van der Waals surface area contributed by atoms with Gasteiger partial charge in [0.1, 0.15) is 17.1 Å². The summed E-state index contributed by atoms with van der Waals surface area (Å²) in [7, 11) is 0. The second kappa shape index (κ2) is 9.53. The molecule has 3 atom stereocenters. The normalized spacial score (nSPS) is 22.6. The van der Waals surface area contributed by atoms with E-state index in [0.717, 1.165) is 16.2 Å². The minimum absolute atomic E-state index is 0.0219. The molecule has 0 radical (unpaired) electrons. The summed E-state index contributed by atoms with van der Waals surface area (Å²) in [5.41, 5.74) is -0.468. The summed E-state index contributed by atoms with van der Waals surface area (Å²) in [5.74, 6) is -2.58. The lowest BCUT2D eigenvalue weighted by Gasteiger charge is -2.47. The molecule has 1 aromatic rings. The second-order valence-electron chi connectivity index (χ2n) is 8.18. The van der Waals surface area contributed by atoms with Gasteiger partial charge in [0.15, 0.2) is 11.2 Å². The molecule has 178 valence electrons. The van der Waals surface area contributed by atoms with Crippen molar-refractivity contribution in [2.75, 3.05) is 11.1 Å². The van der Waals surface area contributed by atoms with Crippen LogP contribution < -0.4 is 10.6 Å². The SMILES string of the molecule is CC/C=C(\C(=O)N[C@@H]1C(=O)N2C(C(=O)O)=CC[S+]([O-])[C@H]12)c1csc(NC(=O)OC(C)(C)C)n1. The fourth-order valence-corrected chi connectivity index (χ4v) is 5.41. The second-order valence-corrected chi connectivity index (χ2v) is 10.6. The van der Waals surface area contributed by atoms with Gasteiger partial charge in [-0.05, 0) is 44.4 Å². The Hall–Kier alpha value is -2.90. The van der Waals surface area contributed by atoms with Gasteiger partial charge in [0.25, 0.3) is 11.8 Å². The average Bonchev–Trinajstić information content (AvgIpc) is 3.15. The third kappa shape index (κ3) is 5.37. The lowest BCUT2D eigenvalue weighted by Crippen LogP contribution is -2.74. The number of allylic oxidation sites excluding steroid dienone is 1. The number of nitrogens with zero attached hydrogens (tertiary/aromatic N) is 2. The first-order valence-electron chi connectivity index (χ1n) is 10.0. The highest BCUT2D eigenvalue weighted by atomic mass is 32.2. The van der Waals surface area contributed by atoms with Crippen LogP contribution in [0.5, 0.6) is 0 Å². The Balaban J connectivity index is 1.72. The van der Waals surface area contributed by atoms with Crippen LogP contribution in [0, 0.1) is 0 Å². The van der Waals surface area contributed by atoms with Crippen molar-refractivity contribution in [3.8, 4) is 0 Å². The van der Waals surface area contributed by atoms with Gasteiger partial charge < -0.3 is 19.7 Å². The summed E-state index contributed by atoms with van der Waals surface area (Å²) in [6, 6.07) is -1.11. The Labute approximate surface area is 197 Å². The van der Waals surface area contributed by atoms with Crippen LogP contribution in [-0.4, -0.2) is 66.2 Å². The number of carbonyl (C=O) groups excluding carboxylic acids is 3. The molecule has 0 spiro atoms. The van der Waals surface area contributed by atoms with Crippen LogP contribution in [0.2, 0.25) is 0 Å². The van der Waals surface area contributed by atoms with Crippen LogP contribution in [-0.2, 0) is 30.3 Å². The molecule has 1 saturated heterocycles. The van der Waals surface area contributed by atoms with Crippen LogP contribution in [0.4, 0.5) is 9.93 Å². The van der Waals surface area contributed by atoms with Crippen molar-refractivity contribution in [2.24, 2.45) is 0 Å². The van der Waals surface area contributed by atoms with Crippen molar-refractivity contribution in [1.29, 1.82) is 0 Å². The first-order valence-corrected chi connectivity index (χ1v) is 12.3. The molecule has 3 N–H and O–H groups in total. The largest absolute Gasteiger partial charge is 0.614 e. The van der Waals surface area contributed by atoms with E-state index < -0.39 is 52.1 Å². The number of rotatable bonds is 6. The van der Waals surface area contributed by atoms with E-state index in [1.165, 1.54) is 6.08 Å². The number of ether oxygens (including phenoxy) is 1. The summed E-state index contributed by atoms with van der Waals surface area (Å²) in [5, 5.41) is 15.2. The van der Waals surface area contributed by atoms with Gasteiger partial charge in [-0.2, -0.15) is 0 Å². The molecule has 3 heterocycles. The molecule has 1 unspecified atom stereocenters. The molecule has 33 heavy (non-hydrogen) atoms. The smallest absolute Gasteiger partial charge is 0.413 e. The number of aromatic nitrogens is 1. The zero-order valence-electron chi connectivity index (χ0n) is 18.4. The Morgan fingerprint density at radius 2 is 2.12 bits per heavy atom. The lowest BCUT2D eigenvalue weighted by molar-refractivity contribution is -0.150. The zero-order chi connectivity index (χ0) is 24.5. The van der Waals surface area contributed by atoms with Crippen LogP contribution in [0.3, 0.4) is 0 Å². The fraction of sp³-hybridized carbons (Fsp3) is 0.450. The number of carboxylic acid groups (broad SMARTS) is 1. The van der Waals surface area contributed by atoms with E-state index in [0.29, 0.717) is 6.42 Å². The topological polar surface area (TPSA) is 161 Å². The number of hydrogen-bond donors (Lipinski definition) is 3. The number of fused-ring (bicyclic) bond motifs is 1. The van der Waals surface area contributed by atoms with Crippen molar-refractivity contribution in [2.45, 2.75) is 51.1 Å². The Bertz CT molecular complexity index is 1040. The Kier molecular flexibility index (Phi) is 7.14. The van der Waals surface area contributed by atoms with Crippen molar-refractivity contribution in [1.82, 2.24) is 15.2 Å². The molecule has 2 aliphatic heterocycles. The third-order valence-electron chi connectivity index (χ3n) is 4.56. The first-order chi connectivity index (χ1) is 15.4. The maximum Gasteiger partial charge on any atom is 0.413 e. The van der Waals surface area contributed by atoms with Gasteiger partial charge in [-0.25, -0.2) is 14.6 Å². The first kappa shape index (κ1) is 24.7. The van der Waals surface area contributed by atoms with Gasteiger partial charge in [-0.15, -0.1) is 11.3 Å². The molecule has 0 saturated carbocycles. The molecular formula is C20H24N4O7S2. The van der Waals surface area contributed by atoms with E-state index >= 15 is 0 Å². The minimum Gasteiger partial charge on any atom is -0.614 e. The molecule has 2 aliphatic rings. The number of anilines is 1. The molecule has 3 amide bonds. The molecule has 0 aliphatic carbocycles. The van der Waals surface area contributed by atoms with E-state index in [1.54, 1.807) is 32.2 Å². The number of thiazole rings is 1. The Morgan fingerprint density at radius 1 is 1.42 bits per heavy atom. The third-order valence-corrected chi connectivity index (χ3v) is 6.83. The van der Waals surface area contributed by atoms with Crippen molar-refractivity contribution in [3.05, 3.63) is 28.9 Å². The van der Waals surface area contributed by atoms with E-state index in [4.69, 9.17) is 4.74 Å². The van der Waals surface area contributed by atoms with Crippen LogP contribution in [0.25, 0.3) is 5.57 Å². The van der Waals surface area contributed by atoms with Crippen LogP contribution >= 0.6 is 11.3 Å². The predicted octanol–water partition coefficient (Wildman–Crippen LogP) is 1.67. The molecule has 0 bridgehead atoms. The van der Waals surface area contributed by atoms with Crippen LogP contribution in [0.1, 0.15) is 39.8 Å². The Morgan fingerprint density at radius 3 is 2.73 bits per heavy atom. The average molecular weight is 497 g/mol. The maximum atomic E-state index is 13.0. The van der Waals surface area contributed by atoms with E-state index in [9.17, 15) is 28.8 Å². The van der Waals surface area contributed by atoms with Gasteiger partial charge >= 0.3 is 12.1 Å². The molecular weight excluding hydrogens is 472 g/mol. The number of β-lactam (4-membered cyclic amide) rings is 1. The highest BCUT2D eigenvalue weighted by Crippen LogP contribution is 2.34. The number of hydrogen-bond acceptors (Lipinski definition) is 8. The summed E-state index contributed by atoms with van der Waals surface area (Å²) in [6.45, 7) is 6.99. The summed E-state index contributed by atoms with van der Waals surface area (Å²) in [6.07, 6.45) is 2.65. The minimum atomic E-state index is -1.55. The number of aliphatic carboxylic acids is 1. The number of carboxylic acids is 1. The lowest BCUT2D eigenvalue weighted by atomic mass is 10.0. The summed E-state index contributed by atoms with van der Waals surface area (Å²) in [4.78, 5) is 54.0. The maximum absolute atomic E-state index is 13.0. The molecule has 3 rings (SSSR count). The summed E-state index contributed by atoms with van der Waals surface area (Å²) < 4.78 is 17.6. The summed E-state index contributed by atoms with van der Waals surface area (Å²) >= 11 is -0.453. The molecule has 0 aromatic carbocycles. The van der Waals surface area contributed by atoms with E-state index in [1.807, 2.05) is 6.92 Å². The van der Waals surface area contributed by atoms with Crippen molar-refractivity contribution in [3.63, 3.8) is 0 Å². The number of amides is 3.